The highest BCUT2D eigenvalue weighted by Gasteiger charge is 2.24. The third-order valence-electron chi connectivity index (χ3n) is 6.08. The van der Waals surface area contributed by atoms with E-state index in [1.165, 1.54) is 4.68 Å². The Kier molecular flexibility index (Phi) is 5.23. The lowest BCUT2D eigenvalue weighted by Crippen LogP contribution is -2.25. The number of rotatable bonds is 4. The molecule has 4 aromatic rings. The molecule has 0 saturated carbocycles. The van der Waals surface area contributed by atoms with Gasteiger partial charge < -0.3 is 9.88 Å². The maximum Gasteiger partial charge on any atom is 0.281 e. The number of aryl methyl sites for hydroxylation is 3. The Hall–Kier alpha value is -3.67. The molecular formula is C25H26N4O2. The maximum atomic E-state index is 13.3. The van der Waals surface area contributed by atoms with Crippen molar-refractivity contribution in [1.82, 2.24) is 14.3 Å². The number of nitrogens with zero attached hydrogens (tertiary/aromatic N) is 3. The zero-order chi connectivity index (χ0) is 22.3. The van der Waals surface area contributed by atoms with Crippen molar-refractivity contribution in [3.8, 4) is 5.69 Å². The fourth-order valence-corrected chi connectivity index (χ4v) is 4.15. The van der Waals surface area contributed by atoms with Crippen LogP contribution in [0.5, 0.6) is 0 Å². The largest absolute Gasteiger partial charge is 0.336 e. The second kappa shape index (κ2) is 7.87. The van der Waals surface area contributed by atoms with E-state index in [2.05, 4.69) is 10.4 Å². The van der Waals surface area contributed by atoms with Crippen LogP contribution in [0.2, 0.25) is 0 Å². The molecule has 158 valence electrons. The Labute approximate surface area is 181 Å². The molecule has 0 bridgehead atoms. The van der Waals surface area contributed by atoms with Gasteiger partial charge in [-0.05, 0) is 63.9 Å². The van der Waals surface area contributed by atoms with Crippen LogP contribution in [0.4, 0.5) is 5.69 Å². The number of benzene rings is 2. The number of carbonyl (C=O) groups excluding carboxylic acids is 1. The molecule has 6 nitrogen and oxygen atoms in total. The first-order chi connectivity index (χ1) is 14.8. The first-order valence-electron chi connectivity index (χ1n) is 10.3. The summed E-state index contributed by atoms with van der Waals surface area (Å²) in [7, 11) is 0. The Balaban J connectivity index is 1.77. The van der Waals surface area contributed by atoms with Crippen LogP contribution in [0.3, 0.4) is 0 Å². The number of para-hydroxylation sites is 1. The molecule has 0 aliphatic heterocycles. The van der Waals surface area contributed by atoms with Gasteiger partial charge in [0.25, 0.3) is 5.56 Å². The number of aromatic nitrogens is 3. The third kappa shape index (κ3) is 3.44. The van der Waals surface area contributed by atoms with Crippen LogP contribution in [-0.2, 0) is 4.79 Å². The molecule has 0 unspecified atom stereocenters. The van der Waals surface area contributed by atoms with E-state index in [9.17, 15) is 9.59 Å². The fourth-order valence-electron chi connectivity index (χ4n) is 4.15. The number of anilines is 1. The molecule has 0 aliphatic carbocycles. The molecule has 0 saturated heterocycles. The van der Waals surface area contributed by atoms with Crippen LogP contribution >= 0.6 is 0 Å². The van der Waals surface area contributed by atoms with Crippen LogP contribution in [0.15, 0.2) is 59.5 Å². The van der Waals surface area contributed by atoms with Gasteiger partial charge in [0, 0.05) is 22.5 Å². The van der Waals surface area contributed by atoms with Crippen LogP contribution < -0.4 is 10.9 Å². The van der Waals surface area contributed by atoms with Crippen molar-refractivity contribution in [2.45, 2.75) is 40.7 Å². The van der Waals surface area contributed by atoms with E-state index in [0.717, 1.165) is 33.6 Å². The summed E-state index contributed by atoms with van der Waals surface area (Å²) in [5, 5.41) is 8.77. The highest BCUT2D eigenvalue weighted by atomic mass is 16.2. The van der Waals surface area contributed by atoms with E-state index < -0.39 is 6.04 Å². The second-order valence-electron chi connectivity index (χ2n) is 7.94. The Morgan fingerprint density at radius 1 is 0.968 bits per heavy atom. The number of hydrogen-bond donors (Lipinski definition) is 1. The van der Waals surface area contributed by atoms with E-state index in [1.807, 2.05) is 87.7 Å². The highest BCUT2D eigenvalue weighted by Crippen LogP contribution is 2.27. The molecule has 1 N–H and O–H groups in total. The van der Waals surface area contributed by atoms with E-state index >= 15 is 0 Å². The zero-order valence-electron chi connectivity index (χ0n) is 18.4. The second-order valence-corrected chi connectivity index (χ2v) is 7.94. The lowest BCUT2D eigenvalue weighted by Gasteiger charge is -2.19. The van der Waals surface area contributed by atoms with Gasteiger partial charge in [0.2, 0.25) is 5.91 Å². The van der Waals surface area contributed by atoms with Crippen molar-refractivity contribution in [3.63, 3.8) is 0 Å². The van der Waals surface area contributed by atoms with Gasteiger partial charge in [0.15, 0.2) is 0 Å². The standard InChI is InChI=1S/C25H26N4O2/c1-15-10-9-13-22(16(15)2)27-24(30)19(5)28-17(3)21-14-26-29(20-11-7-6-8-12-20)25(31)23(21)18(28)4/h6-14,19H,1-5H3,(H,27,30)/t19-/m0/s1. The fraction of sp³-hybridized carbons (Fsp3) is 0.240. The summed E-state index contributed by atoms with van der Waals surface area (Å²) in [6, 6.07) is 14.7. The molecule has 2 aromatic heterocycles. The quantitative estimate of drug-likeness (QED) is 0.530. The Morgan fingerprint density at radius 2 is 1.68 bits per heavy atom. The molecule has 6 heteroatoms. The molecular weight excluding hydrogens is 388 g/mol. The van der Waals surface area contributed by atoms with E-state index in [4.69, 9.17) is 0 Å². The summed E-state index contributed by atoms with van der Waals surface area (Å²) in [5.41, 5.74) is 5.09. The molecule has 1 atom stereocenters. The lowest BCUT2D eigenvalue weighted by atomic mass is 10.1. The SMILES string of the molecule is Cc1cccc(NC(=O)[C@H](C)n2c(C)c3cnn(-c4ccccc4)c(=O)c3c2C)c1C. The van der Waals surface area contributed by atoms with Gasteiger partial charge in [0.05, 0.1) is 17.3 Å². The molecule has 0 fully saturated rings. The number of nitrogens with one attached hydrogen (secondary N) is 1. The maximum absolute atomic E-state index is 13.3. The molecule has 31 heavy (non-hydrogen) atoms. The van der Waals surface area contributed by atoms with Gasteiger partial charge in [0.1, 0.15) is 6.04 Å². The van der Waals surface area contributed by atoms with Crippen molar-refractivity contribution in [2.75, 3.05) is 5.32 Å². The molecule has 0 spiro atoms. The van der Waals surface area contributed by atoms with E-state index in [1.54, 1.807) is 6.20 Å². The minimum absolute atomic E-state index is 0.128. The summed E-state index contributed by atoms with van der Waals surface area (Å²) in [5.74, 6) is -0.128. The van der Waals surface area contributed by atoms with Crippen molar-refractivity contribution in [3.05, 3.63) is 87.6 Å². The number of fused-ring (bicyclic) bond motifs is 1. The Morgan fingerprint density at radius 3 is 2.39 bits per heavy atom. The molecule has 1 amide bonds. The van der Waals surface area contributed by atoms with Crippen LogP contribution in [0.25, 0.3) is 16.5 Å². The highest BCUT2D eigenvalue weighted by molar-refractivity contribution is 5.96. The van der Waals surface area contributed by atoms with Gasteiger partial charge in [-0.1, -0.05) is 30.3 Å². The van der Waals surface area contributed by atoms with Gasteiger partial charge >= 0.3 is 0 Å². The molecule has 0 radical (unpaired) electrons. The third-order valence-corrected chi connectivity index (χ3v) is 6.08. The minimum Gasteiger partial charge on any atom is -0.336 e. The van der Waals surface area contributed by atoms with Crippen LogP contribution in [0.1, 0.15) is 35.5 Å². The van der Waals surface area contributed by atoms with Crippen molar-refractivity contribution in [1.29, 1.82) is 0 Å². The van der Waals surface area contributed by atoms with Crippen molar-refractivity contribution >= 4 is 22.4 Å². The molecule has 2 aromatic carbocycles. The minimum atomic E-state index is -0.489. The summed E-state index contributed by atoms with van der Waals surface area (Å²) >= 11 is 0. The van der Waals surface area contributed by atoms with Gasteiger partial charge in [-0.25, -0.2) is 0 Å². The first-order valence-corrected chi connectivity index (χ1v) is 10.3. The van der Waals surface area contributed by atoms with Gasteiger partial charge in [-0.2, -0.15) is 9.78 Å². The lowest BCUT2D eigenvalue weighted by molar-refractivity contribution is -0.118. The van der Waals surface area contributed by atoms with E-state index in [0.29, 0.717) is 11.1 Å². The summed E-state index contributed by atoms with van der Waals surface area (Å²) in [4.78, 5) is 26.4. The van der Waals surface area contributed by atoms with Crippen molar-refractivity contribution in [2.24, 2.45) is 0 Å². The van der Waals surface area contributed by atoms with Gasteiger partial charge in [-0.3, -0.25) is 9.59 Å². The van der Waals surface area contributed by atoms with Crippen molar-refractivity contribution < 1.29 is 4.79 Å². The average Bonchev–Trinajstić information content (AvgIpc) is 3.02. The summed E-state index contributed by atoms with van der Waals surface area (Å²) in [6.07, 6.45) is 1.71. The monoisotopic (exact) mass is 414 g/mol. The smallest absolute Gasteiger partial charge is 0.281 e. The Bertz CT molecular complexity index is 1350. The number of amides is 1. The molecule has 2 heterocycles. The molecule has 0 aliphatic rings. The first kappa shape index (κ1) is 20.6. The normalized spacial score (nSPS) is 12.2. The average molecular weight is 415 g/mol. The van der Waals surface area contributed by atoms with Crippen LogP contribution in [-0.4, -0.2) is 20.3 Å². The number of carbonyl (C=O) groups is 1. The van der Waals surface area contributed by atoms with E-state index in [-0.39, 0.29) is 11.5 Å². The zero-order valence-corrected chi connectivity index (χ0v) is 18.4. The summed E-state index contributed by atoms with van der Waals surface area (Å²) in [6.45, 7) is 9.67. The molecule has 4 rings (SSSR count). The number of hydrogen-bond acceptors (Lipinski definition) is 3. The van der Waals surface area contributed by atoms with Gasteiger partial charge in [-0.15, -0.1) is 0 Å². The predicted octanol–water partition coefficient (Wildman–Crippen LogP) is 4.62. The predicted molar refractivity (Wildman–Crippen MR) is 124 cm³/mol. The van der Waals surface area contributed by atoms with Crippen LogP contribution in [0, 0.1) is 27.7 Å². The summed E-state index contributed by atoms with van der Waals surface area (Å²) < 4.78 is 3.32. The topological polar surface area (TPSA) is 68.9 Å².